The Morgan fingerprint density at radius 3 is 2.65 bits per heavy atom. The van der Waals surface area contributed by atoms with Gasteiger partial charge in [-0.2, -0.15) is 0 Å². The summed E-state index contributed by atoms with van der Waals surface area (Å²) in [5.74, 6) is -0.542. The van der Waals surface area contributed by atoms with Crippen LogP contribution in [0.15, 0.2) is 32.9 Å². The van der Waals surface area contributed by atoms with E-state index in [4.69, 9.17) is 17.3 Å². The summed E-state index contributed by atoms with van der Waals surface area (Å²) in [6.07, 6.45) is 0. The van der Waals surface area contributed by atoms with Crippen molar-refractivity contribution < 1.29 is 12.8 Å². The number of benzene rings is 1. The molecule has 0 aliphatic carbocycles. The predicted octanol–water partition coefficient (Wildman–Crippen LogP) is 3.56. The van der Waals surface area contributed by atoms with Gasteiger partial charge in [-0.05, 0) is 40.2 Å². The van der Waals surface area contributed by atoms with Gasteiger partial charge in [-0.1, -0.05) is 11.6 Å². The topological polar surface area (TPSA) is 72.2 Å². The third-order valence-electron chi connectivity index (χ3n) is 2.37. The summed E-state index contributed by atoms with van der Waals surface area (Å²) in [6, 6.07) is 4.90. The summed E-state index contributed by atoms with van der Waals surface area (Å²) >= 11 is 10.2. The van der Waals surface area contributed by atoms with Crippen molar-refractivity contribution in [3.63, 3.8) is 0 Å². The maximum atomic E-state index is 12.9. The van der Waals surface area contributed by atoms with Crippen LogP contribution in [0.3, 0.4) is 0 Å². The highest BCUT2D eigenvalue weighted by atomic mass is 79.9. The van der Waals surface area contributed by atoms with Gasteiger partial charge in [0.15, 0.2) is 0 Å². The molecular formula is C11H9BrClFN2O2S2. The molecule has 1 heterocycles. The molecule has 0 radical (unpaired) electrons. The molecule has 0 aliphatic heterocycles. The monoisotopic (exact) mass is 398 g/mol. The molecule has 20 heavy (non-hydrogen) atoms. The Labute approximate surface area is 132 Å². The van der Waals surface area contributed by atoms with E-state index >= 15 is 0 Å². The number of hydrogen-bond donors (Lipinski definition) is 2. The SMILES string of the molecule is NCc1cc(S(=O)(=O)Nc2ccc(F)cc2Cl)c(Br)s1. The Hall–Kier alpha value is -0.670. The predicted molar refractivity (Wildman–Crippen MR) is 82.1 cm³/mol. The van der Waals surface area contributed by atoms with E-state index in [9.17, 15) is 12.8 Å². The molecule has 0 atom stereocenters. The van der Waals surface area contributed by atoms with Crippen LogP contribution < -0.4 is 10.5 Å². The van der Waals surface area contributed by atoms with Gasteiger partial charge in [0.05, 0.1) is 14.5 Å². The lowest BCUT2D eigenvalue weighted by atomic mass is 10.3. The van der Waals surface area contributed by atoms with E-state index in [1.54, 1.807) is 0 Å². The van der Waals surface area contributed by atoms with Gasteiger partial charge < -0.3 is 5.73 Å². The molecule has 0 aliphatic rings. The molecule has 108 valence electrons. The number of anilines is 1. The zero-order chi connectivity index (χ0) is 14.9. The van der Waals surface area contributed by atoms with E-state index in [1.165, 1.54) is 23.5 Å². The summed E-state index contributed by atoms with van der Waals surface area (Å²) in [4.78, 5) is 0.797. The summed E-state index contributed by atoms with van der Waals surface area (Å²) in [5.41, 5.74) is 5.59. The molecule has 4 nitrogen and oxygen atoms in total. The fourth-order valence-corrected chi connectivity index (χ4v) is 5.37. The van der Waals surface area contributed by atoms with Gasteiger partial charge in [-0.25, -0.2) is 12.8 Å². The van der Waals surface area contributed by atoms with Crippen molar-refractivity contribution in [2.45, 2.75) is 11.4 Å². The smallest absolute Gasteiger partial charge is 0.263 e. The normalized spacial score (nSPS) is 11.6. The first kappa shape index (κ1) is 15.7. The highest BCUT2D eigenvalue weighted by Crippen LogP contribution is 2.33. The van der Waals surface area contributed by atoms with Crippen molar-refractivity contribution >= 4 is 54.6 Å². The fourth-order valence-electron chi connectivity index (χ4n) is 1.45. The van der Waals surface area contributed by atoms with Gasteiger partial charge in [-0.3, -0.25) is 4.72 Å². The van der Waals surface area contributed by atoms with Crippen molar-refractivity contribution in [2.75, 3.05) is 4.72 Å². The number of hydrogen-bond acceptors (Lipinski definition) is 4. The van der Waals surface area contributed by atoms with Crippen molar-refractivity contribution in [3.8, 4) is 0 Å². The number of thiophene rings is 1. The van der Waals surface area contributed by atoms with Crippen LogP contribution in [-0.4, -0.2) is 8.42 Å². The Kier molecular flexibility index (Phi) is 4.70. The minimum atomic E-state index is -3.82. The van der Waals surface area contributed by atoms with E-state index in [-0.39, 0.29) is 22.2 Å². The number of nitrogens with one attached hydrogen (secondary N) is 1. The standard InChI is InChI=1S/C11H9BrClFN2O2S2/c12-11-10(4-7(5-15)19-11)20(17,18)16-9-2-1-6(14)3-8(9)13/h1-4,16H,5,15H2. The molecule has 2 aromatic rings. The lowest BCUT2D eigenvalue weighted by Gasteiger charge is -2.08. The Bertz CT molecular complexity index is 749. The molecule has 0 fully saturated rings. The van der Waals surface area contributed by atoms with Crippen LogP contribution in [0.2, 0.25) is 5.02 Å². The number of rotatable bonds is 4. The van der Waals surface area contributed by atoms with Gasteiger partial charge >= 0.3 is 0 Å². The number of nitrogens with two attached hydrogens (primary N) is 1. The second-order valence-corrected chi connectivity index (χ2v) is 8.30. The zero-order valence-corrected chi connectivity index (χ0v) is 13.8. The number of halogens is 3. The first-order valence-electron chi connectivity index (χ1n) is 5.29. The maximum Gasteiger partial charge on any atom is 0.263 e. The van der Waals surface area contributed by atoms with Gasteiger partial charge in [0.1, 0.15) is 10.7 Å². The lowest BCUT2D eigenvalue weighted by molar-refractivity contribution is 0.601. The molecule has 0 spiro atoms. The van der Waals surface area contributed by atoms with Gasteiger partial charge in [-0.15, -0.1) is 11.3 Å². The van der Waals surface area contributed by atoms with E-state index < -0.39 is 15.8 Å². The van der Waals surface area contributed by atoms with E-state index in [2.05, 4.69) is 20.7 Å². The summed E-state index contributed by atoms with van der Waals surface area (Å²) in [5, 5.41) is -0.0148. The Morgan fingerprint density at radius 2 is 2.10 bits per heavy atom. The van der Waals surface area contributed by atoms with Crippen LogP contribution in [0, 0.1) is 5.82 Å². The minimum Gasteiger partial charge on any atom is -0.326 e. The van der Waals surface area contributed by atoms with Crippen LogP contribution in [0.5, 0.6) is 0 Å². The molecule has 1 aromatic heterocycles. The first-order chi connectivity index (χ1) is 9.33. The van der Waals surface area contributed by atoms with Crippen molar-refractivity contribution in [1.29, 1.82) is 0 Å². The molecule has 0 unspecified atom stereocenters. The van der Waals surface area contributed by atoms with Crippen LogP contribution in [0.25, 0.3) is 0 Å². The molecule has 0 saturated heterocycles. The molecular weight excluding hydrogens is 391 g/mol. The molecule has 1 aromatic carbocycles. The largest absolute Gasteiger partial charge is 0.326 e. The van der Waals surface area contributed by atoms with Gasteiger partial charge in [0.25, 0.3) is 10.0 Å². The molecule has 2 rings (SSSR count). The third kappa shape index (κ3) is 3.32. The third-order valence-corrected chi connectivity index (χ3v) is 6.33. The first-order valence-corrected chi connectivity index (χ1v) is 8.76. The molecule has 0 saturated carbocycles. The molecule has 0 bridgehead atoms. The summed E-state index contributed by atoms with van der Waals surface area (Å²) in [7, 11) is -3.82. The summed E-state index contributed by atoms with van der Waals surface area (Å²) in [6.45, 7) is 0.246. The average Bonchev–Trinajstić information content (AvgIpc) is 2.75. The van der Waals surface area contributed by atoms with Crippen LogP contribution >= 0.6 is 38.9 Å². The zero-order valence-electron chi connectivity index (χ0n) is 9.86. The summed E-state index contributed by atoms with van der Waals surface area (Å²) < 4.78 is 40.2. The van der Waals surface area contributed by atoms with E-state index in [0.717, 1.165) is 17.0 Å². The highest BCUT2D eigenvalue weighted by Gasteiger charge is 2.21. The quantitative estimate of drug-likeness (QED) is 0.825. The second-order valence-electron chi connectivity index (χ2n) is 3.78. The Morgan fingerprint density at radius 1 is 1.40 bits per heavy atom. The van der Waals surface area contributed by atoms with E-state index in [1.807, 2.05) is 0 Å². The molecule has 9 heteroatoms. The van der Waals surface area contributed by atoms with Crippen molar-refractivity contribution in [1.82, 2.24) is 0 Å². The molecule has 0 amide bonds. The minimum absolute atomic E-state index is 0.0148. The number of sulfonamides is 1. The van der Waals surface area contributed by atoms with E-state index in [0.29, 0.717) is 3.79 Å². The highest BCUT2D eigenvalue weighted by molar-refractivity contribution is 9.11. The van der Waals surface area contributed by atoms with Crippen molar-refractivity contribution in [2.24, 2.45) is 5.73 Å². The van der Waals surface area contributed by atoms with Gasteiger partial charge in [0, 0.05) is 11.4 Å². The van der Waals surface area contributed by atoms with Crippen LogP contribution in [0.1, 0.15) is 4.88 Å². The van der Waals surface area contributed by atoms with Gasteiger partial charge in [0.2, 0.25) is 0 Å². The second kappa shape index (κ2) is 5.98. The Balaban J connectivity index is 2.38. The van der Waals surface area contributed by atoms with Crippen LogP contribution in [-0.2, 0) is 16.6 Å². The fraction of sp³-hybridized carbons (Fsp3) is 0.0909. The molecule has 3 N–H and O–H groups in total. The van der Waals surface area contributed by atoms with Crippen LogP contribution in [0.4, 0.5) is 10.1 Å². The van der Waals surface area contributed by atoms with Crippen molar-refractivity contribution in [3.05, 3.63) is 43.8 Å². The average molecular weight is 400 g/mol. The maximum absolute atomic E-state index is 12.9. The lowest BCUT2D eigenvalue weighted by Crippen LogP contribution is -2.13.